The molecule has 0 saturated heterocycles. The van der Waals surface area contributed by atoms with Gasteiger partial charge in [-0.05, 0) is 23.4 Å². The Bertz CT molecular complexity index is 708. The molecule has 1 aliphatic heterocycles. The summed E-state index contributed by atoms with van der Waals surface area (Å²) in [6, 6.07) is 9.55. The maximum Gasteiger partial charge on any atom is 0.261 e. The SMILES string of the molecule is CC(C)C(C(O)O)N1C(=O)c2cccc3cccc(c23)C1=O. The van der Waals surface area contributed by atoms with Gasteiger partial charge in [0, 0.05) is 16.5 Å². The van der Waals surface area contributed by atoms with Crippen molar-refractivity contribution in [2.45, 2.75) is 26.2 Å². The van der Waals surface area contributed by atoms with Crippen LogP contribution in [-0.4, -0.2) is 39.3 Å². The maximum atomic E-state index is 12.7. The molecule has 0 spiro atoms. The van der Waals surface area contributed by atoms with Crippen LogP contribution in [0.25, 0.3) is 10.8 Å². The van der Waals surface area contributed by atoms with Gasteiger partial charge in [-0.15, -0.1) is 0 Å². The van der Waals surface area contributed by atoms with Crippen LogP contribution in [0.5, 0.6) is 0 Å². The highest BCUT2D eigenvalue weighted by Gasteiger charge is 2.41. The molecule has 22 heavy (non-hydrogen) atoms. The third-order valence-corrected chi connectivity index (χ3v) is 4.09. The Morgan fingerprint density at radius 1 is 0.909 bits per heavy atom. The van der Waals surface area contributed by atoms with Gasteiger partial charge in [-0.25, -0.2) is 0 Å². The smallest absolute Gasteiger partial charge is 0.261 e. The molecular weight excluding hydrogens is 282 g/mol. The van der Waals surface area contributed by atoms with Crippen LogP contribution in [-0.2, 0) is 0 Å². The van der Waals surface area contributed by atoms with Gasteiger partial charge in [0.15, 0.2) is 6.29 Å². The normalized spacial score (nSPS) is 16.0. The lowest BCUT2D eigenvalue weighted by atomic mass is 9.91. The van der Waals surface area contributed by atoms with Crippen LogP contribution in [0.1, 0.15) is 34.6 Å². The molecule has 1 atom stereocenters. The number of nitrogens with zero attached hydrogens (tertiary/aromatic N) is 1. The molecule has 2 N–H and O–H groups in total. The van der Waals surface area contributed by atoms with E-state index in [-0.39, 0.29) is 5.92 Å². The van der Waals surface area contributed by atoms with Gasteiger partial charge in [0.1, 0.15) is 0 Å². The van der Waals surface area contributed by atoms with E-state index in [0.717, 1.165) is 10.3 Å². The average Bonchev–Trinajstić information content (AvgIpc) is 2.48. The van der Waals surface area contributed by atoms with Gasteiger partial charge in [0.05, 0.1) is 6.04 Å². The largest absolute Gasteiger partial charge is 0.366 e. The van der Waals surface area contributed by atoms with E-state index in [2.05, 4.69) is 0 Å². The van der Waals surface area contributed by atoms with Gasteiger partial charge in [0.2, 0.25) is 0 Å². The van der Waals surface area contributed by atoms with Crippen LogP contribution in [0.3, 0.4) is 0 Å². The van der Waals surface area contributed by atoms with Gasteiger partial charge in [-0.2, -0.15) is 0 Å². The maximum absolute atomic E-state index is 12.7. The van der Waals surface area contributed by atoms with Gasteiger partial charge in [-0.1, -0.05) is 38.1 Å². The summed E-state index contributed by atoms with van der Waals surface area (Å²) in [6.45, 7) is 3.48. The molecule has 5 heteroatoms. The molecule has 1 unspecified atom stereocenters. The molecular formula is C17H17NO4. The summed E-state index contributed by atoms with van der Waals surface area (Å²) in [6.07, 6.45) is -1.78. The highest BCUT2D eigenvalue weighted by molar-refractivity contribution is 6.25. The van der Waals surface area contributed by atoms with E-state index in [1.165, 1.54) is 0 Å². The molecule has 2 amide bonds. The monoisotopic (exact) mass is 299 g/mol. The van der Waals surface area contributed by atoms with Crippen molar-refractivity contribution in [3.05, 3.63) is 47.5 Å². The third kappa shape index (κ3) is 2.01. The lowest BCUT2D eigenvalue weighted by molar-refractivity contribution is -0.0987. The summed E-state index contributed by atoms with van der Waals surface area (Å²) >= 11 is 0. The lowest BCUT2D eigenvalue weighted by Gasteiger charge is -2.36. The van der Waals surface area contributed by atoms with Crippen LogP contribution < -0.4 is 0 Å². The van der Waals surface area contributed by atoms with E-state index in [9.17, 15) is 19.8 Å². The zero-order valence-corrected chi connectivity index (χ0v) is 12.4. The minimum absolute atomic E-state index is 0.280. The molecule has 0 aliphatic carbocycles. The van der Waals surface area contributed by atoms with E-state index in [1.54, 1.807) is 38.1 Å². The number of imide groups is 1. The standard InChI is InChI=1S/C17H17NO4/c1-9(2)14(17(21)22)18-15(19)11-7-3-5-10-6-4-8-12(13(10)11)16(18)20/h3-9,14,17,21-22H,1-2H3. The Morgan fingerprint density at radius 2 is 1.41 bits per heavy atom. The fourth-order valence-electron chi connectivity index (χ4n) is 3.10. The molecule has 1 aliphatic rings. The van der Waals surface area contributed by atoms with E-state index >= 15 is 0 Å². The zero-order chi connectivity index (χ0) is 16.0. The zero-order valence-electron chi connectivity index (χ0n) is 12.4. The van der Waals surface area contributed by atoms with Crippen molar-refractivity contribution >= 4 is 22.6 Å². The fraction of sp³-hybridized carbons (Fsp3) is 0.294. The molecule has 0 aromatic heterocycles. The van der Waals surface area contributed by atoms with Crippen LogP contribution >= 0.6 is 0 Å². The van der Waals surface area contributed by atoms with Crippen LogP contribution in [0.15, 0.2) is 36.4 Å². The first-order chi connectivity index (χ1) is 10.4. The predicted octanol–water partition coefficient (Wildman–Crippen LogP) is 1.77. The fourth-order valence-corrected chi connectivity index (χ4v) is 3.10. The summed E-state index contributed by atoms with van der Waals surface area (Å²) in [7, 11) is 0. The number of carbonyl (C=O) groups is 2. The topological polar surface area (TPSA) is 77.8 Å². The van der Waals surface area contributed by atoms with Crippen molar-refractivity contribution in [2.24, 2.45) is 5.92 Å². The summed E-state index contributed by atoms with van der Waals surface area (Å²) in [5.41, 5.74) is 0.831. The Morgan fingerprint density at radius 3 is 1.82 bits per heavy atom. The Hall–Kier alpha value is -2.24. The number of amides is 2. The second-order valence-corrected chi connectivity index (χ2v) is 5.84. The molecule has 114 valence electrons. The van der Waals surface area contributed by atoms with Crippen molar-refractivity contribution in [3.63, 3.8) is 0 Å². The van der Waals surface area contributed by atoms with Crippen LogP contribution in [0, 0.1) is 5.92 Å². The Kier molecular flexibility index (Phi) is 3.47. The number of carbonyl (C=O) groups excluding carboxylic acids is 2. The number of aliphatic hydroxyl groups excluding tert-OH is 1. The Balaban J connectivity index is 2.24. The molecule has 1 heterocycles. The van der Waals surface area contributed by atoms with Crippen LogP contribution in [0.4, 0.5) is 0 Å². The second-order valence-electron chi connectivity index (χ2n) is 5.84. The summed E-state index contributed by atoms with van der Waals surface area (Å²) < 4.78 is 0. The molecule has 0 fully saturated rings. The van der Waals surface area contributed by atoms with E-state index < -0.39 is 24.1 Å². The first-order valence-corrected chi connectivity index (χ1v) is 7.19. The lowest BCUT2D eigenvalue weighted by Crippen LogP contribution is -2.54. The minimum atomic E-state index is -1.78. The average molecular weight is 299 g/mol. The van der Waals surface area contributed by atoms with E-state index in [1.807, 2.05) is 12.1 Å². The molecule has 0 radical (unpaired) electrons. The quantitative estimate of drug-likeness (QED) is 0.669. The number of hydrogen-bond acceptors (Lipinski definition) is 4. The summed E-state index contributed by atoms with van der Waals surface area (Å²) in [5.74, 6) is -1.25. The first-order valence-electron chi connectivity index (χ1n) is 7.19. The number of hydrogen-bond donors (Lipinski definition) is 2. The summed E-state index contributed by atoms with van der Waals surface area (Å²) in [5, 5.41) is 20.7. The predicted molar refractivity (Wildman–Crippen MR) is 81.3 cm³/mol. The molecule has 2 aromatic rings. The van der Waals surface area contributed by atoms with Gasteiger partial charge < -0.3 is 10.2 Å². The number of benzene rings is 2. The van der Waals surface area contributed by atoms with E-state index in [0.29, 0.717) is 16.5 Å². The molecule has 5 nitrogen and oxygen atoms in total. The third-order valence-electron chi connectivity index (χ3n) is 4.09. The van der Waals surface area contributed by atoms with Gasteiger partial charge >= 0.3 is 0 Å². The number of aliphatic hydroxyl groups is 2. The van der Waals surface area contributed by atoms with E-state index in [4.69, 9.17) is 0 Å². The van der Waals surface area contributed by atoms with Crippen molar-refractivity contribution in [3.8, 4) is 0 Å². The highest BCUT2D eigenvalue weighted by atomic mass is 16.5. The van der Waals surface area contributed by atoms with Gasteiger partial charge in [0.25, 0.3) is 11.8 Å². The van der Waals surface area contributed by atoms with Gasteiger partial charge in [-0.3, -0.25) is 14.5 Å². The van der Waals surface area contributed by atoms with Crippen LogP contribution in [0.2, 0.25) is 0 Å². The molecule has 2 aromatic carbocycles. The van der Waals surface area contributed by atoms with Crippen molar-refractivity contribution in [2.75, 3.05) is 0 Å². The summed E-state index contributed by atoms with van der Waals surface area (Å²) in [4.78, 5) is 26.5. The second kappa shape index (κ2) is 5.19. The minimum Gasteiger partial charge on any atom is -0.366 e. The van der Waals surface area contributed by atoms with Crippen molar-refractivity contribution in [1.29, 1.82) is 0 Å². The van der Waals surface area contributed by atoms with Crippen molar-refractivity contribution < 1.29 is 19.8 Å². The Labute approximate surface area is 127 Å². The molecule has 0 bridgehead atoms. The first kappa shape index (κ1) is 14.7. The highest BCUT2D eigenvalue weighted by Crippen LogP contribution is 2.32. The van der Waals surface area contributed by atoms with Crippen molar-refractivity contribution in [1.82, 2.24) is 4.90 Å². The number of rotatable bonds is 3. The molecule has 3 rings (SSSR count). The molecule has 0 saturated carbocycles.